The first-order chi connectivity index (χ1) is 15.8. The van der Waals surface area contributed by atoms with Gasteiger partial charge in [0.1, 0.15) is 11.5 Å². The monoisotopic (exact) mass is 466 g/mol. The van der Waals surface area contributed by atoms with Gasteiger partial charge in [-0.15, -0.1) is 0 Å². The summed E-state index contributed by atoms with van der Waals surface area (Å²) < 4.78 is 39.3. The van der Waals surface area contributed by atoms with Crippen LogP contribution < -0.4 is 19.1 Å². The summed E-state index contributed by atoms with van der Waals surface area (Å²) in [6.45, 7) is 3.93. The van der Waals surface area contributed by atoms with Gasteiger partial charge in [-0.1, -0.05) is 44.2 Å². The van der Waals surface area contributed by atoms with Crippen molar-refractivity contribution >= 4 is 27.3 Å². The molecule has 0 saturated heterocycles. The molecule has 172 valence electrons. The van der Waals surface area contributed by atoms with Crippen molar-refractivity contribution in [3.8, 4) is 11.5 Å². The Hall–Kier alpha value is -3.52. The molecule has 1 aliphatic heterocycles. The van der Waals surface area contributed by atoms with E-state index in [2.05, 4.69) is 5.32 Å². The highest BCUT2D eigenvalue weighted by molar-refractivity contribution is 7.92. The summed E-state index contributed by atoms with van der Waals surface area (Å²) in [6.07, 6.45) is -1.02. The zero-order valence-corrected chi connectivity index (χ0v) is 19.5. The lowest BCUT2D eigenvalue weighted by atomic mass is 10.0. The van der Waals surface area contributed by atoms with Crippen LogP contribution in [0.5, 0.6) is 11.5 Å². The largest absolute Gasteiger partial charge is 0.497 e. The Balaban J connectivity index is 1.66. The average Bonchev–Trinajstić information content (AvgIpc) is 2.83. The molecule has 3 aromatic carbocycles. The third-order valence-electron chi connectivity index (χ3n) is 5.52. The van der Waals surface area contributed by atoms with E-state index in [0.29, 0.717) is 22.9 Å². The maximum absolute atomic E-state index is 13.5. The van der Waals surface area contributed by atoms with Crippen molar-refractivity contribution in [2.24, 2.45) is 0 Å². The number of amides is 1. The van der Waals surface area contributed by atoms with Crippen LogP contribution >= 0.6 is 0 Å². The van der Waals surface area contributed by atoms with Crippen molar-refractivity contribution < 1.29 is 22.7 Å². The lowest BCUT2D eigenvalue weighted by Gasteiger charge is -2.34. The molecule has 4 rings (SSSR count). The van der Waals surface area contributed by atoms with Crippen LogP contribution in [0.15, 0.2) is 77.7 Å². The van der Waals surface area contributed by atoms with Gasteiger partial charge in [0.25, 0.3) is 15.9 Å². The lowest BCUT2D eigenvalue weighted by Crippen LogP contribution is -2.48. The molecule has 1 amide bonds. The summed E-state index contributed by atoms with van der Waals surface area (Å²) in [5.41, 5.74) is 2.06. The van der Waals surface area contributed by atoms with Crippen molar-refractivity contribution in [2.75, 3.05) is 23.3 Å². The van der Waals surface area contributed by atoms with E-state index in [1.165, 1.54) is 23.5 Å². The van der Waals surface area contributed by atoms with Gasteiger partial charge < -0.3 is 14.8 Å². The second-order valence-electron chi connectivity index (χ2n) is 8.02. The normalized spacial score (nSPS) is 15.5. The van der Waals surface area contributed by atoms with E-state index >= 15 is 0 Å². The predicted molar refractivity (Wildman–Crippen MR) is 128 cm³/mol. The molecule has 0 unspecified atom stereocenters. The van der Waals surface area contributed by atoms with E-state index < -0.39 is 22.0 Å². The third-order valence-corrected chi connectivity index (χ3v) is 7.31. The van der Waals surface area contributed by atoms with Crippen LogP contribution in [0.2, 0.25) is 0 Å². The quantitative estimate of drug-likeness (QED) is 0.582. The summed E-state index contributed by atoms with van der Waals surface area (Å²) in [5, 5.41) is 2.92. The number of methoxy groups -OCH3 is 1. The molecule has 0 radical (unpaired) electrons. The number of hydrogen-bond acceptors (Lipinski definition) is 5. The molecule has 0 saturated carbocycles. The average molecular weight is 467 g/mol. The topological polar surface area (TPSA) is 84.9 Å². The fourth-order valence-corrected chi connectivity index (χ4v) is 5.24. The Morgan fingerprint density at radius 2 is 1.70 bits per heavy atom. The molecule has 1 N–H and O–H groups in total. The number of para-hydroxylation sites is 3. The molecular formula is C25H26N2O5S. The third kappa shape index (κ3) is 4.52. The number of nitrogens with zero attached hydrogens (tertiary/aromatic N) is 1. The van der Waals surface area contributed by atoms with Gasteiger partial charge in [-0.3, -0.25) is 9.10 Å². The molecule has 0 aromatic heterocycles. The fraction of sp³-hybridized carbons (Fsp3) is 0.240. The molecule has 1 heterocycles. The maximum Gasteiger partial charge on any atom is 0.267 e. The van der Waals surface area contributed by atoms with Gasteiger partial charge in [0.15, 0.2) is 6.10 Å². The first-order valence-electron chi connectivity index (χ1n) is 10.6. The Morgan fingerprint density at radius 1 is 1.03 bits per heavy atom. The molecule has 8 heteroatoms. The zero-order chi connectivity index (χ0) is 23.6. The number of sulfonamides is 1. The second-order valence-corrected chi connectivity index (χ2v) is 9.88. The molecule has 1 atom stereocenters. The summed E-state index contributed by atoms with van der Waals surface area (Å²) in [7, 11) is -2.43. The van der Waals surface area contributed by atoms with Gasteiger partial charge in [0.05, 0.1) is 24.2 Å². The predicted octanol–water partition coefficient (Wildman–Crippen LogP) is 4.41. The number of nitrogens with one attached hydrogen (secondary N) is 1. The number of fused-ring (bicyclic) bond motifs is 1. The molecule has 3 aromatic rings. The Labute approximate surface area is 194 Å². The fourth-order valence-electron chi connectivity index (χ4n) is 3.77. The van der Waals surface area contributed by atoms with Crippen LogP contribution in [0.25, 0.3) is 0 Å². The molecular weight excluding hydrogens is 440 g/mol. The minimum Gasteiger partial charge on any atom is -0.497 e. The van der Waals surface area contributed by atoms with E-state index in [-0.39, 0.29) is 17.4 Å². The lowest BCUT2D eigenvalue weighted by molar-refractivity contribution is -0.122. The van der Waals surface area contributed by atoms with Crippen LogP contribution in [0.4, 0.5) is 11.4 Å². The van der Waals surface area contributed by atoms with E-state index in [9.17, 15) is 13.2 Å². The number of benzene rings is 3. The molecule has 0 bridgehead atoms. The number of hydrogen-bond donors (Lipinski definition) is 1. The highest BCUT2D eigenvalue weighted by Gasteiger charge is 2.37. The van der Waals surface area contributed by atoms with Gasteiger partial charge in [-0.2, -0.15) is 0 Å². The van der Waals surface area contributed by atoms with E-state index in [1.807, 2.05) is 38.1 Å². The van der Waals surface area contributed by atoms with Crippen LogP contribution in [0.3, 0.4) is 0 Å². The van der Waals surface area contributed by atoms with E-state index in [0.717, 1.165) is 5.56 Å². The van der Waals surface area contributed by atoms with Crippen molar-refractivity contribution in [1.29, 1.82) is 0 Å². The number of carbonyl (C=O) groups excluding carboxylic acids is 1. The number of anilines is 2. The van der Waals surface area contributed by atoms with Crippen LogP contribution in [0.1, 0.15) is 25.3 Å². The van der Waals surface area contributed by atoms with Crippen molar-refractivity contribution in [3.05, 3.63) is 78.4 Å². The van der Waals surface area contributed by atoms with Gasteiger partial charge in [0.2, 0.25) is 0 Å². The van der Waals surface area contributed by atoms with Crippen molar-refractivity contribution in [1.82, 2.24) is 0 Å². The standard InChI is InChI=1S/C25H26N2O5S/c1-17(2)20-8-4-5-9-21(20)26-25(28)24-16-27(22-10-6-7-11-23(22)32-24)33(29,30)19-14-12-18(31-3)13-15-19/h4-15,17,24H,16H2,1-3H3,(H,26,28)/t24-/m1/s1. The van der Waals surface area contributed by atoms with Gasteiger partial charge in [-0.25, -0.2) is 8.42 Å². The molecule has 1 aliphatic rings. The molecule has 33 heavy (non-hydrogen) atoms. The first kappa shape index (κ1) is 22.7. The highest BCUT2D eigenvalue weighted by atomic mass is 32.2. The Kier molecular flexibility index (Phi) is 6.29. The highest BCUT2D eigenvalue weighted by Crippen LogP contribution is 2.37. The van der Waals surface area contributed by atoms with Crippen molar-refractivity contribution in [2.45, 2.75) is 30.8 Å². The van der Waals surface area contributed by atoms with Gasteiger partial charge in [-0.05, 0) is 53.9 Å². The SMILES string of the molecule is COc1ccc(S(=O)(=O)N2C[C@H](C(=O)Nc3ccccc3C(C)C)Oc3ccccc32)cc1. The Morgan fingerprint density at radius 3 is 2.39 bits per heavy atom. The smallest absolute Gasteiger partial charge is 0.267 e. The van der Waals surface area contributed by atoms with E-state index in [1.54, 1.807) is 36.4 Å². The molecule has 0 spiro atoms. The number of rotatable bonds is 6. The minimum atomic E-state index is -3.94. The molecule has 0 fully saturated rings. The summed E-state index contributed by atoms with van der Waals surface area (Å²) in [6, 6.07) is 20.5. The molecule has 0 aliphatic carbocycles. The second kappa shape index (κ2) is 9.15. The number of carbonyl (C=O) groups is 1. The van der Waals surface area contributed by atoms with Gasteiger partial charge >= 0.3 is 0 Å². The summed E-state index contributed by atoms with van der Waals surface area (Å²) in [4.78, 5) is 13.3. The van der Waals surface area contributed by atoms with Crippen LogP contribution in [-0.2, 0) is 14.8 Å². The Bertz CT molecular complexity index is 1260. The first-order valence-corrected chi connectivity index (χ1v) is 12.1. The van der Waals surface area contributed by atoms with Crippen LogP contribution in [-0.4, -0.2) is 34.1 Å². The zero-order valence-electron chi connectivity index (χ0n) is 18.7. The van der Waals surface area contributed by atoms with Crippen molar-refractivity contribution in [3.63, 3.8) is 0 Å². The minimum absolute atomic E-state index is 0.101. The summed E-state index contributed by atoms with van der Waals surface area (Å²) >= 11 is 0. The van der Waals surface area contributed by atoms with E-state index in [4.69, 9.17) is 9.47 Å². The molecule has 7 nitrogen and oxygen atoms in total. The summed E-state index contributed by atoms with van der Waals surface area (Å²) in [5.74, 6) is 0.685. The van der Waals surface area contributed by atoms with Crippen LogP contribution in [0, 0.1) is 0 Å². The number of ether oxygens (including phenoxy) is 2. The van der Waals surface area contributed by atoms with Gasteiger partial charge in [0, 0.05) is 5.69 Å². The maximum atomic E-state index is 13.5.